The molecule has 0 saturated heterocycles. The predicted octanol–water partition coefficient (Wildman–Crippen LogP) is 5.18. The number of esters is 1. The van der Waals surface area contributed by atoms with Crippen LogP contribution in [0.1, 0.15) is 31.1 Å². The number of nitrogens with one attached hydrogen (secondary N) is 2. The number of urea groups is 1. The van der Waals surface area contributed by atoms with E-state index in [-0.39, 0.29) is 11.3 Å². The fourth-order valence-corrected chi connectivity index (χ4v) is 2.09. The van der Waals surface area contributed by atoms with Crippen molar-refractivity contribution in [2.24, 2.45) is 0 Å². The molecule has 0 saturated carbocycles. The second kappa shape index (κ2) is 8.20. The normalized spacial score (nSPS) is 11.5. The molecular formula is C19H19F3N2O4. The summed E-state index contributed by atoms with van der Waals surface area (Å²) >= 11 is 0. The summed E-state index contributed by atoms with van der Waals surface area (Å²) < 4.78 is 45.4. The zero-order valence-electron chi connectivity index (χ0n) is 15.4. The van der Waals surface area contributed by atoms with Gasteiger partial charge in [-0.15, -0.1) is 13.2 Å². The minimum absolute atomic E-state index is 0.260. The maximum atomic E-state index is 12.1. The van der Waals surface area contributed by atoms with Gasteiger partial charge in [0, 0.05) is 11.4 Å². The molecule has 0 atom stereocenters. The number of hydrogen-bond acceptors (Lipinski definition) is 4. The maximum Gasteiger partial charge on any atom is 0.573 e. The lowest BCUT2D eigenvalue weighted by Crippen LogP contribution is -2.24. The number of hydrogen-bond donors (Lipinski definition) is 2. The molecule has 9 heteroatoms. The van der Waals surface area contributed by atoms with Gasteiger partial charge in [0.1, 0.15) is 11.4 Å². The van der Waals surface area contributed by atoms with Crippen molar-refractivity contribution in [3.8, 4) is 5.75 Å². The molecule has 150 valence electrons. The molecular weight excluding hydrogens is 377 g/mol. The van der Waals surface area contributed by atoms with Crippen molar-refractivity contribution >= 4 is 23.4 Å². The number of rotatable bonds is 4. The Hall–Kier alpha value is -3.23. The Morgan fingerprint density at radius 1 is 0.893 bits per heavy atom. The van der Waals surface area contributed by atoms with Gasteiger partial charge in [0.05, 0.1) is 5.56 Å². The molecule has 6 nitrogen and oxygen atoms in total. The highest BCUT2D eigenvalue weighted by molar-refractivity contribution is 6.00. The van der Waals surface area contributed by atoms with Gasteiger partial charge >= 0.3 is 18.4 Å². The quantitative estimate of drug-likeness (QED) is 0.698. The fourth-order valence-electron chi connectivity index (χ4n) is 2.09. The zero-order valence-corrected chi connectivity index (χ0v) is 15.4. The van der Waals surface area contributed by atoms with Crippen LogP contribution in [0.4, 0.5) is 29.3 Å². The number of carbonyl (C=O) groups excluding carboxylic acids is 2. The molecule has 2 N–H and O–H groups in total. The summed E-state index contributed by atoms with van der Waals surface area (Å²) in [5, 5.41) is 5.00. The molecule has 0 aliphatic rings. The van der Waals surface area contributed by atoms with E-state index in [2.05, 4.69) is 15.4 Å². The summed E-state index contributed by atoms with van der Waals surface area (Å²) in [6, 6.07) is 10.2. The second-order valence-corrected chi connectivity index (χ2v) is 6.73. The molecule has 0 bridgehead atoms. The first kappa shape index (κ1) is 21.1. The highest BCUT2D eigenvalue weighted by atomic mass is 19.4. The SMILES string of the molecule is CC(C)(C)OC(=O)c1cccc(NC(=O)Nc2ccc(OC(F)(F)F)cc2)c1. The molecule has 0 aliphatic heterocycles. The van der Waals surface area contributed by atoms with Gasteiger partial charge < -0.3 is 20.1 Å². The summed E-state index contributed by atoms with van der Waals surface area (Å²) in [5.41, 5.74) is 0.217. The van der Waals surface area contributed by atoms with Gasteiger partial charge in [0.15, 0.2) is 0 Å². The Morgan fingerprint density at radius 3 is 2.07 bits per heavy atom. The van der Waals surface area contributed by atoms with E-state index in [0.717, 1.165) is 12.1 Å². The molecule has 2 amide bonds. The first-order valence-corrected chi connectivity index (χ1v) is 8.18. The molecule has 0 aliphatic carbocycles. The number of benzene rings is 2. The molecule has 2 aromatic carbocycles. The van der Waals surface area contributed by atoms with Crippen LogP contribution in [0.5, 0.6) is 5.75 Å². The van der Waals surface area contributed by atoms with E-state index in [1.165, 1.54) is 18.2 Å². The molecule has 0 fully saturated rings. The van der Waals surface area contributed by atoms with E-state index < -0.39 is 29.7 Å². The zero-order chi connectivity index (χ0) is 20.9. The molecule has 2 aromatic rings. The average Bonchev–Trinajstić information content (AvgIpc) is 2.54. The minimum atomic E-state index is -4.79. The highest BCUT2D eigenvalue weighted by Crippen LogP contribution is 2.24. The van der Waals surface area contributed by atoms with Crippen LogP contribution in [0.15, 0.2) is 48.5 Å². The third kappa shape index (κ3) is 7.18. The Labute approximate surface area is 159 Å². The summed E-state index contributed by atoms with van der Waals surface area (Å²) in [6.07, 6.45) is -4.79. The summed E-state index contributed by atoms with van der Waals surface area (Å²) in [7, 11) is 0. The number of alkyl halides is 3. The van der Waals surface area contributed by atoms with Crippen molar-refractivity contribution in [1.82, 2.24) is 0 Å². The largest absolute Gasteiger partial charge is 0.573 e. The predicted molar refractivity (Wildman–Crippen MR) is 97.4 cm³/mol. The van der Waals surface area contributed by atoms with Crippen LogP contribution in [0.2, 0.25) is 0 Å². The third-order valence-electron chi connectivity index (χ3n) is 3.10. The van der Waals surface area contributed by atoms with Crippen LogP contribution >= 0.6 is 0 Å². The van der Waals surface area contributed by atoms with Crippen molar-refractivity contribution in [2.45, 2.75) is 32.7 Å². The number of ether oxygens (including phenoxy) is 2. The van der Waals surface area contributed by atoms with Crippen molar-refractivity contribution in [1.29, 1.82) is 0 Å². The summed E-state index contributed by atoms with van der Waals surface area (Å²) in [5.74, 6) is -0.930. The number of halogens is 3. The Morgan fingerprint density at radius 2 is 1.50 bits per heavy atom. The van der Waals surface area contributed by atoms with Gasteiger partial charge in [0.25, 0.3) is 0 Å². The maximum absolute atomic E-state index is 12.1. The summed E-state index contributed by atoms with van der Waals surface area (Å²) in [6.45, 7) is 5.22. The van der Waals surface area contributed by atoms with Crippen molar-refractivity contribution in [3.63, 3.8) is 0 Å². The monoisotopic (exact) mass is 396 g/mol. The lowest BCUT2D eigenvalue weighted by molar-refractivity contribution is -0.274. The van der Waals surface area contributed by atoms with Crippen LogP contribution in [-0.4, -0.2) is 24.0 Å². The molecule has 0 heterocycles. The van der Waals surface area contributed by atoms with Crippen LogP contribution < -0.4 is 15.4 Å². The summed E-state index contributed by atoms with van der Waals surface area (Å²) in [4.78, 5) is 24.1. The van der Waals surface area contributed by atoms with E-state index in [1.54, 1.807) is 39.0 Å². The standard InChI is InChI=1S/C19H19F3N2O4/c1-18(2,3)28-16(25)12-5-4-6-14(11-12)24-17(26)23-13-7-9-15(10-8-13)27-19(20,21)22/h4-11H,1-3H3,(H2,23,24,26). The number of amides is 2. The van der Waals surface area contributed by atoms with Crippen molar-refractivity contribution < 1.29 is 32.2 Å². The lowest BCUT2D eigenvalue weighted by Gasteiger charge is -2.19. The van der Waals surface area contributed by atoms with Crippen molar-refractivity contribution in [3.05, 3.63) is 54.1 Å². The van der Waals surface area contributed by atoms with Gasteiger partial charge in [-0.3, -0.25) is 0 Å². The van der Waals surface area contributed by atoms with Crippen LogP contribution in [0, 0.1) is 0 Å². The van der Waals surface area contributed by atoms with Gasteiger partial charge in [-0.05, 0) is 63.2 Å². The first-order valence-electron chi connectivity index (χ1n) is 8.18. The number of carbonyl (C=O) groups is 2. The molecule has 2 rings (SSSR count). The number of anilines is 2. The molecule has 0 radical (unpaired) electrons. The van der Waals surface area contributed by atoms with Crippen molar-refractivity contribution in [2.75, 3.05) is 10.6 Å². The molecule has 0 unspecified atom stereocenters. The van der Waals surface area contributed by atoms with Gasteiger partial charge in [-0.1, -0.05) is 6.07 Å². The third-order valence-corrected chi connectivity index (χ3v) is 3.10. The van der Waals surface area contributed by atoms with E-state index in [4.69, 9.17) is 4.74 Å². The van der Waals surface area contributed by atoms with E-state index in [9.17, 15) is 22.8 Å². The Balaban J connectivity index is 1.98. The molecule has 0 aromatic heterocycles. The van der Waals surface area contributed by atoms with E-state index >= 15 is 0 Å². The van der Waals surface area contributed by atoms with E-state index in [1.807, 2.05) is 0 Å². The first-order chi connectivity index (χ1) is 12.9. The molecule has 28 heavy (non-hydrogen) atoms. The Bertz CT molecular complexity index is 843. The van der Waals surface area contributed by atoms with Crippen LogP contribution in [-0.2, 0) is 4.74 Å². The van der Waals surface area contributed by atoms with Gasteiger partial charge in [-0.2, -0.15) is 0 Å². The Kier molecular flexibility index (Phi) is 6.17. The van der Waals surface area contributed by atoms with Gasteiger partial charge in [0.2, 0.25) is 0 Å². The molecule has 0 spiro atoms. The van der Waals surface area contributed by atoms with Crippen LogP contribution in [0.3, 0.4) is 0 Å². The van der Waals surface area contributed by atoms with Crippen LogP contribution in [0.25, 0.3) is 0 Å². The highest BCUT2D eigenvalue weighted by Gasteiger charge is 2.31. The second-order valence-electron chi connectivity index (χ2n) is 6.73. The smallest absolute Gasteiger partial charge is 0.456 e. The average molecular weight is 396 g/mol. The lowest BCUT2D eigenvalue weighted by atomic mass is 10.1. The van der Waals surface area contributed by atoms with Gasteiger partial charge in [-0.25, -0.2) is 9.59 Å². The minimum Gasteiger partial charge on any atom is -0.456 e. The topological polar surface area (TPSA) is 76.7 Å². The van der Waals surface area contributed by atoms with E-state index in [0.29, 0.717) is 5.69 Å². The fraction of sp³-hybridized carbons (Fsp3) is 0.263.